The fourth-order valence-electron chi connectivity index (χ4n) is 2.43. The zero-order valence-corrected chi connectivity index (χ0v) is 11.8. The lowest BCUT2D eigenvalue weighted by atomic mass is 10.2. The van der Waals surface area contributed by atoms with Gasteiger partial charge in [-0.15, -0.1) is 0 Å². The molecule has 1 aromatic heterocycles. The molecule has 2 heterocycles. The number of anilines is 1. The molecule has 19 heavy (non-hydrogen) atoms. The molecule has 1 saturated heterocycles. The van der Waals surface area contributed by atoms with Gasteiger partial charge in [0.05, 0.1) is 11.9 Å². The first-order valence-corrected chi connectivity index (χ1v) is 7.22. The van der Waals surface area contributed by atoms with Crippen molar-refractivity contribution in [3.63, 3.8) is 0 Å². The number of hydrogen-bond acceptors (Lipinski definition) is 5. The Bertz CT molecular complexity index is 432. The summed E-state index contributed by atoms with van der Waals surface area (Å²) in [5.74, 6) is 1.02. The fourth-order valence-corrected chi connectivity index (χ4v) is 2.43. The van der Waals surface area contributed by atoms with Crippen LogP contribution in [0.1, 0.15) is 25.5 Å². The van der Waals surface area contributed by atoms with Gasteiger partial charge in [0.2, 0.25) is 0 Å². The molecule has 1 aliphatic carbocycles. The topological polar surface area (TPSA) is 44.3 Å². The Morgan fingerprint density at radius 2 is 2.16 bits per heavy atom. The zero-order chi connectivity index (χ0) is 13.2. The van der Waals surface area contributed by atoms with Crippen LogP contribution in [0, 0.1) is 0 Å². The maximum absolute atomic E-state index is 4.74. The Morgan fingerprint density at radius 1 is 1.32 bits per heavy atom. The van der Waals surface area contributed by atoms with Crippen molar-refractivity contribution in [2.24, 2.45) is 0 Å². The molecule has 1 aliphatic heterocycles. The lowest BCUT2D eigenvalue weighted by Gasteiger charge is -2.38. The van der Waals surface area contributed by atoms with Gasteiger partial charge in [-0.1, -0.05) is 0 Å². The average Bonchev–Trinajstić information content (AvgIpc) is 3.24. The molecular weight excluding hydrogens is 238 g/mol. The lowest BCUT2D eigenvalue weighted by Crippen LogP contribution is -2.50. The largest absolute Gasteiger partial charge is 0.352 e. The number of aromatic nitrogens is 2. The number of likely N-dealkylation sites (N-methyl/N-ethyl adjacent to an activating group) is 1. The van der Waals surface area contributed by atoms with Crippen molar-refractivity contribution in [2.75, 3.05) is 31.6 Å². The summed E-state index contributed by atoms with van der Waals surface area (Å²) in [7, 11) is 2.18. The summed E-state index contributed by atoms with van der Waals surface area (Å²) in [6.07, 6.45) is 6.38. The molecule has 1 aromatic rings. The Morgan fingerprint density at radius 3 is 2.89 bits per heavy atom. The van der Waals surface area contributed by atoms with Crippen molar-refractivity contribution < 1.29 is 0 Å². The van der Waals surface area contributed by atoms with E-state index in [0.29, 0.717) is 12.1 Å². The first-order chi connectivity index (χ1) is 9.22. The predicted octanol–water partition coefficient (Wildman–Crippen LogP) is 0.869. The summed E-state index contributed by atoms with van der Waals surface area (Å²) in [4.78, 5) is 13.8. The zero-order valence-electron chi connectivity index (χ0n) is 11.8. The van der Waals surface area contributed by atoms with Crippen molar-refractivity contribution in [2.45, 2.75) is 38.4 Å². The Kier molecular flexibility index (Phi) is 3.66. The smallest absolute Gasteiger partial charge is 0.147 e. The minimum absolute atomic E-state index is 0.573. The van der Waals surface area contributed by atoms with E-state index in [0.717, 1.165) is 37.7 Å². The third-order valence-corrected chi connectivity index (χ3v) is 4.10. The number of rotatable bonds is 4. The summed E-state index contributed by atoms with van der Waals surface area (Å²) in [6, 6.07) is 1.29. The van der Waals surface area contributed by atoms with Crippen molar-refractivity contribution in [3.8, 4) is 0 Å². The van der Waals surface area contributed by atoms with Crippen LogP contribution >= 0.6 is 0 Å². The second kappa shape index (κ2) is 5.43. The normalized spacial score (nSPS) is 24.7. The fraction of sp³-hybridized carbons (Fsp3) is 0.714. The van der Waals surface area contributed by atoms with Gasteiger partial charge in [0.15, 0.2) is 0 Å². The van der Waals surface area contributed by atoms with Crippen LogP contribution in [-0.2, 0) is 6.54 Å². The van der Waals surface area contributed by atoms with Gasteiger partial charge < -0.3 is 15.1 Å². The summed E-state index contributed by atoms with van der Waals surface area (Å²) in [6.45, 7) is 6.26. The van der Waals surface area contributed by atoms with Crippen LogP contribution in [0.3, 0.4) is 0 Å². The Hall–Kier alpha value is -1.20. The molecule has 1 atom stereocenters. The number of nitrogens with zero attached hydrogens (tertiary/aromatic N) is 4. The van der Waals surface area contributed by atoms with Crippen molar-refractivity contribution in [3.05, 3.63) is 18.1 Å². The van der Waals surface area contributed by atoms with Crippen LogP contribution in [0.2, 0.25) is 0 Å². The molecule has 5 nitrogen and oxygen atoms in total. The Labute approximate surface area is 115 Å². The molecule has 1 unspecified atom stereocenters. The van der Waals surface area contributed by atoms with Crippen molar-refractivity contribution >= 4 is 5.82 Å². The van der Waals surface area contributed by atoms with E-state index in [1.165, 1.54) is 12.8 Å². The standard InChI is InChI=1S/C14H23N5/c1-11-10-19(6-5-18(11)2)14-9-15-7-13(17-14)8-16-12-3-4-12/h7,9,11-12,16H,3-6,8,10H2,1-2H3. The molecule has 3 rings (SSSR count). The monoisotopic (exact) mass is 261 g/mol. The summed E-state index contributed by atoms with van der Waals surface area (Å²) in [5, 5.41) is 3.49. The quantitative estimate of drug-likeness (QED) is 0.871. The third kappa shape index (κ3) is 3.22. The first kappa shape index (κ1) is 12.8. The predicted molar refractivity (Wildman–Crippen MR) is 76.2 cm³/mol. The van der Waals surface area contributed by atoms with Crippen molar-refractivity contribution in [1.29, 1.82) is 0 Å². The number of nitrogens with one attached hydrogen (secondary N) is 1. The minimum Gasteiger partial charge on any atom is -0.352 e. The second-order valence-corrected chi connectivity index (χ2v) is 5.80. The van der Waals surface area contributed by atoms with E-state index in [9.17, 15) is 0 Å². The molecule has 2 fully saturated rings. The highest BCUT2D eigenvalue weighted by atomic mass is 15.3. The van der Waals surface area contributed by atoms with Crippen LogP contribution in [-0.4, -0.2) is 53.6 Å². The van der Waals surface area contributed by atoms with E-state index in [2.05, 4.69) is 34.1 Å². The molecule has 0 spiro atoms. The molecule has 0 bridgehead atoms. The van der Waals surface area contributed by atoms with Gasteiger partial charge >= 0.3 is 0 Å². The van der Waals surface area contributed by atoms with Gasteiger partial charge in [-0.25, -0.2) is 4.98 Å². The van der Waals surface area contributed by atoms with Gasteiger partial charge in [-0.3, -0.25) is 4.98 Å². The van der Waals surface area contributed by atoms with Gasteiger partial charge in [0, 0.05) is 44.5 Å². The molecular formula is C14H23N5. The summed E-state index contributed by atoms with van der Waals surface area (Å²) in [5.41, 5.74) is 1.05. The first-order valence-electron chi connectivity index (χ1n) is 7.22. The Balaban J connectivity index is 1.64. The van der Waals surface area contributed by atoms with Gasteiger partial charge in [-0.05, 0) is 26.8 Å². The van der Waals surface area contributed by atoms with E-state index >= 15 is 0 Å². The maximum atomic E-state index is 4.74. The van der Waals surface area contributed by atoms with Crippen LogP contribution in [0.4, 0.5) is 5.82 Å². The maximum Gasteiger partial charge on any atom is 0.147 e. The minimum atomic E-state index is 0.573. The number of piperazine rings is 1. The van der Waals surface area contributed by atoms with E-state index in [1.54, 1.807) is 0 Å². The summed E-state index contributed by atoms with van der Waals surface area (Å²) >= 11 is 0. The van der Waals surface area contributed by atoms with Crippen LogP contribution in [0.25, 0.3) is 0 Å². The molecule has 0 amide bonds. The highest BCUT2D eigenvalue weighted by Gasteiger charge is 2.23. The molecule has 0 aromatic carbocycles. The van der Waals surface area contributed by atoms with Crippen LogP contribution < -0.4 is 10.2 Å². The molecule has 1 N–H and O–H groups in total. The summed E-state index contributed by atoms with van der Waals surface area (Å²) < 4.78 is 0. The van der Waals surface area contributed by atoms with E-state index < -0.39 is 0 Å². The molecule has 5 heteroatoms. The molecule has 2 aliphatic rings. The third-order valence-electron chi connectivity index (χ3n) is 4.10. The van der Waals surface area contributed by atoms with Crippen molar-refractivity contribution in [1.82, 2.24) is 20.2 Å². The van der Waals surface area contributed by atoms with Crippen LogP contribution in [0.15, 0.2) is 12.4 Å². The molecule has 1 saturated carbocycles. The van der Waals surface area contributed by atoms with Gasteiger partial charge in [0.25, 0.3) is 0 Å². The highest BCUT2D eigenvalue weighted by Crippen LogP contribution is 2.19. The SMILES string of the molecule is CC1CN(c2cncc(CNC3CC3)n2)CCN1C. The molecule has 0 radical (unpaired) electrons. The van der Waals surface area contributed by atoms with Gasteiger partial charge in [-0.2, -0.15) is 0 Å². The highest BCUT2D eigenvalue weighted by molar-refractivity contribution is 5.37. The van der Waals surface area contributed by atoms with E-state index in [1.807, 2.05) is 12.4 Å². The van der Waals surface area contributed by atoms with E-state index in [-0.39, 0.29) is 0 Å². The van der Waals surface area contributed by atoms with E-state index in [4.69, 9.17) is 4.98 Å². The lowest BCUT2D eigenvalue weighted by molar-refractivity contribution is 0.233. The van der Waals surface area contributed by atoms with Crippen LogP contribution in [0.5, 0.6) is 0 Å². The number of hydrogen-bond donors (Lipinski definition) is 1. The molecule has 104 valence electrons. The second-order valence-electron chi connectivity index (χ2n) is 5.80. The van der Waals surface area contributed by atoms with Gasteiger partial charge in [0.1, 0.15) is 5.82 Å². The average molecular weight is 261 g/mol.